The smallest absolute Gasteiger partial charge is 0.103 e. The van der Waals surface area contributed by atoms with Crippen LogP contribution in [0.1, 0.15) is 12.8 Å². The molecular formula is C5H14N2O2. The highest BCUT2D eigenvalue weighted by atomic mass is 16.3. The third kappa shape index (κ3) is 5.72. The molecule has 0 heterocycles. The van der Waals surface area contributed by atoms with Gasteiger partial charge in [0.1, 0.15) is 6.23 Å². The van der Waals surface area contributed by atoms with Crippen molar-refractivity contribution in [2.24, 2.45) is 11.5 Å². The summed E-state index contributed by atoms with van der Waals surface area (Å²) in [6.07, 6.45) is -0.0130. The van der Waals surface area contributed by atoms with Gasteiger partial charge >= 0.3 is 0 Å². The molecule has 2 atom stereocenters. The average molecular weight is 134 g/mol. The first kappa shape index (κ1) is 8.84. The van der Waals surface area contributed by atoms with Gasteiger partial charge in [-0.25, -0.2) is 0 Å². The molecule has 0 aliphatic heterocycles. The summed E-state index contributed by atoms with van der Waals surface area (Å²) >= 11 is 0. The maximum absolute atomic E-state index is 8.57. The molecule has 0 saturated carbocycles. The molecule has 0 saturated heterocycles. The molecule has 0 radical (unpaired) electrons. The highest BCUT2D eigenvalue weighted by Gasteiger charge is 2.04. The Bertz CT molecular complexity index is 68.0. The zero-order chi connectivity index (χ0) is 7.28. The Hall–Kier alpha value is -0.160. The molecule has 0 bridgehead atoms. The highest BCUT2D eigenvalue weighted by Crippen LogP contribution is 1.93. The van der Waals surface area contributed by atoms with E-state index in [1.54, 1.807) is 0 Å². The van der Waals surface area contributed by atoms with E-state index in [-0.39, 0.29) is 12.6 Å². The van der Waals surface area contributed by atoms with Gasteiger partial charge in [0.05, 0.1) is 0 Å². The van der Waals surface area contributed by atoms with Crippen molar-refractivity contribution in [2.75, 3.05) is 6.61 Å². The Morgan fingerprint density at radius 2 is 1.89 bits per heavy atom. The number of hydrogen-bond acceptors (Lipinski definition) is 4. The van der Waals surface area contributed by atoms with E-state index in [1.807, 2.05) is 0 Å². The van der Waals surface area contributed by atoms with Crippen LogP contribution < -0.4 is 11.5 Å². The van der Waals surface area contributed by atoms with Gasteiger partial charge in [-0.3, -0.25) is 0 Å². The van der Waals surface area contributed by atoms with Crippen LogP contribution in [0.4, 0.5) is 0 Å². The van der Waals surface area contributed by atoms with E-state index in [9.17, 15) is 0 Å². The van der Waals surface area contributed by atoms with E-state index in [1.165, 1.54) is 0 Å². The van der Waals surface area contributed by atoms with Gasteiger partial charge in [-0.2, -0.15) is 0 Å². The van der Waals surface area contributed by atoms with E-state index in [0.29, 0.717) is 12.8 Å². The normalized spacial score (nSPS) is 17.3. The van der Waals surface area contributed by atoms with Crippen LogP contribution in [-0.2, 0) is 0 Å². The lowest BCUT2D eigenvalue weighted by molar-refractivity contribution is 0.155. The summed E-state index contributed by atoms with van der Waals surface area (Å²) < 4.78 is 0. The van der Waals surface area contributed by atoms with E-state index < -0.39 is 6.23 Å². The second-order valence-corrected chi connectivity index (χ2v) is 2.08. The van der Waals surface area contributed by atoms with Gasteiger partial charge in [-0.1, -0.05) is 0 Å². The predicted molar refractivity (Wildman–Crippen MR) is 34.5 cm³/mol. The summed E-state index contributed by atoms with van der Waals surface area (Å²) in [4.78, 5) is 0. The van der Waals surface area contributed by atoms with Gasteiger partial charge in [0, 0.05) is 19.1 Å². The summed E-state index contributed by atoms with van der Waals surface area (Å²) in [7, 11) is 0. The molecule has 0 amide bonds. The summed E-state index contributed by atoms with van der Waals surface area (Å²) in [5.41, 5.74) is 10.4. The maximum atomic E-state index is 8.57. The number of nitrogens with two attached hydrogens (primary N) is 2. The minimum absolute atomic E-state index is 0.0495. The fourth-order valence-corrected chi connectivity index (χ4v) is 0.594. The third-order valence-electron chi connectivity index (χ3n) is 1.04. The first-order chi connectivity index (χ1) is 4.16. The molecular weight excluding hydrogens is 120 g/mol. The van der Waals surface area contributed by atoms with Gasteiger partial charge in [-0.05, 0) is 6.42 Å². The Balaban J connectivity index is 3.15. The molecule has 4 nitrogen and oxygen atoms in total. The molecule has 2 unspecified atom stereocenters. The van der Waals surface area contributed by atoms with E-state index in [2.05, 4.69) is 0 Å². The van der Waals surface area contributed by atoms with Crippen molar-refractivity contribution in [3.8, 4) is 0 Å². The summed E-state index contributed by atoms with van der Waals surface area (Å²) in [5, 5.41) is 16.9. The lowest BCUT2D eigenvalue weighted by atomic mass is 10.1. The molecule has 0 aliphatic carbocycles. The minimum Gasteiger partial charge on any atom is -0.396 e. The van der Waals surface area contributed by atoms with Crippen LogP contribution in [0.2, 0.25) is 0 Å². The molecule has 9 heavy (non-hydrogen) atoms. The molecule has 0 rings (SSSR count). The first-order valence-corrected chi connectivity index (χ1v) is 2.97. The van der Waals surface area contributed by atoms with Crippen molar-refractivity contribution >= 4 is 0 Å². The molecule has 0 spiro atoms. The quantitative estimate of drug-likeness (QED) is 0.347. The Kier molecular flexibility index (Phi) is 4.61. The van der Waals surface area contributed by atoms with Crippen molar-refractivity contribution in [3.63, 3.8) is 0 Å². The van der Waals surface area contributed by atoms with Crippen LogP contribution in [-0.4, -0.2) is 29.1 Å². The van der Waals surface area contributed by atoms with Crippen LogP contribution in [0, 0.1) is 0 Å². The predicted octanol–water partition coefficient (Wildman–Crippen LogP) is -1.64. The Labute approximate surface area is 54.5 Å². The number of aliphatic hydroxyl groups is 2. The summed E-state index contributed by atoms with van der Waals surface area (Å²) in [6.45, 7) is 0.0495. The lowest BCUT2D eigenvalue weighted by Crippen LogP contribution is -2.31. The molecule has 6 N–H and O–H groups in total. The van der Waals surface area contributed by atoms with Crippen LogP contribution in [0.15, 0.2) is 0 Å². The molecule has 0 aliphatic rings. The number of aliphatic hydroxyl groups excluding tert-OH is 2. The lowest BCUT2D eigenvalue weighted by Gasteiger charge is -2.10. The van der Waals surface area contributed by atoms with Crippen LogP contribution >= 0.6 is 0 Å². The summed E-state index contributed by atoms with van der Waals surface area (Å²) in [6, 6.07) is -0.185. The number of hydrogen-bond donors (Lipinski definition) is 4. The first-order valence-electron chi connectivity index (χ1n) is 2.97. The number of rotatable bonds is 4. The molecule has 0 aromatic heterocycles. The molecule has 0 aromatic rings. The van der Waals surface area contributed by atoms with E-state index in [0.717, 1.165) is 0 Å². The Morgan fingerprint density at radius 1 is 1.33 bits per heavy atom. The highest BCUT2D eigenvalue weighted by molar-refractivity contribution is 4.62. The second-order valence-electron chi connectivity index (χ2n) is 2.08. The molecule has 56 valence electrons. The van der Waals surface area contributed by atoms with Crippen molar-refractivity contribution in [1.82, 2.24) is 0 Å². The SMILES string of the molecule is NC(O)CC(N)CCO. The van der Waals surface area contributed by atoms with E-state index >= 15 is 0 Å². The monoisotopic (exact) mass is 134 g/mol. The van der Waals surface area contributed by atoms with Gasteiger partial charge in [0.15, 0.2) is 0 Å². The van der Waals surface area contributed by atoms with Gasteiger partial charge in [0.25, 0.3) is 0 Å². The van der Waals surface area contributed by atoms with Crippen LogP contribution in [0.25, 0.3) is 0 Å². The summed E-state index contributed by atoms with van der Waals surface area (Å²) in [5.74, 6) is 0. The van der Waals surface area contributed by atoms with Gasteiger partial charge in [0.2, 0.25) is 0 Å². The minimum atomic E-state index is -0.855. The largest absolute Gasteiger partial charge is 0.396 e. The average Bonchev–Trinajstić information content (AvgIpc) is 1.63. The van der Waals surface area contributed by atoms with E-state index in [4.69, 9.17) is 21.7 Å². The topological polar surface area (TPSA) is 92.5 Å². The fourth-order valence-electron chi connectivity index (χ4n) is 0.594. The van der Waals surface area contributed by atoms with Crippen molar-refractivity contribution in [1.29, 1.82) is 0 Å². The van der Waals surface area contributed by atoms with Crippen molar-refractivity contribution in [2.45, 2.75) is 25.1 Å². The standard InChI is InChI=1S/C5H14N2O2/c6-4(1-2-8)3-5(7)9/h4-5,8-9H,1-3,6-7H2. The van der Waals surface area contributed by atoms with Gasteiger partial charge in [-0.15, -0.1) is 0 Å². The third-order valence-corrected chi connectivity index (χ3v) is 1.04. The van der Waals surface area contributed by atoms with Gasteiger partial charge < -0.3 is 21.7 Å². The second kappa shape index (κ2) is 4.69. The van der Waals surface area contributed by atoms with Crippen molar-refractivity contribution < 1.29 is 10.2 Å². The maximum Gasteiger partial charge on any atom is 0.103 e. The van der Waals surface area contributed by atoms with Crippen LogP contribution in [0.3, 0.4) is 0 Å². The fraction of sp³-hybridized carbons (Fsp3) is 1.00. The molecule has 0 fully saturated rings. The van der Waals surface area contributed by atoms with Crippen molar-refractivity contribution in [3.05, 3.63) is 0 Å². The van der Waals surface area contributed by atoms with Crippen LogP contribution in [0.5, 0.6) is 0 Å². The Morgan fingerprint density at radius 3 is 2.22 bits per heavy atom. The zero-order valence-corrected chi connectivity index (χ0v) is 5.33. The molecule has 0 aromatic carbocycles. The zero-order valence-electron chi connectivity index (χ0n) is 5.33. The molecule has 4 heteroatoms.